The van der Waals surface area contributed by atoms with Gasteiger partial charge in [-0.15, -0.1) is 0 Å². The molecule has 1 heterocycles. The van der Waals surface area contributed by atoms with Gasteiger partial charge in [0.2, 0.25) is 0 Å². The topological polar surface area (TPSA) is 66.8 Å². The molecule has 1 saturated heterocycles. The highest BCUT2D eigenvalue weighted by molar-refractivity contribution is 5.96. The molecule has 5 nitrogen and oxygen atoms in total. The number of halogens is 1. The number of morpholine rings is 1. The van der Waals surface area contributed by atoms with Crippen LogP contribution in [0.5, 0.6) is 0 Å². The molecule has 0 saturated carbocycles. The lowest BCUT2D eigenvalue weighted by molar-refractivity contribution is -0.0552. The molecule has 0 aromatic heterocycles. The van der Waals surface area contributed by atoms with Gasteiger partial charge < -0.3 is 14.7 Å². The van der Waals surface area contributed by atoms with E-state index < -0.39 is 12.1 Å². The predicted octanol–water partition coefficient (Wildman–Crippen LogP) is 3.13. The summed E-state index contributed by atoms with van der Waals surface area (Å²) >= 11 is 0. The van der Waals surface area contributed by atoms with Gasteiger partial charge in [-0.1, -0.05) is 12.1 Å². The molecule has 1 amide bonds. The maximum Gasteiger partial charge on any atom is 0.335 e. The summed E-state index contributed by atoms with van der Waals surface area (Å²) in [6.07, 6.45) is -0.410. The van der Waals surface area contributed by atoms with Gasteiger partial charge in [-0.05, 0) is 48.9 Å². The molecule has 2 aromatic carbocycles. The van der Waals surface area contributed by atoms with Gasteiger partial charge >= 0.3 is 5.97 Å². The number of hydrogen-bond acceptors (Lipinski definition) is 3. The first kappa shape index (κ1) is 17.1. The van der Waals surface area contributed by atoms with Crippen LogP contribution in [0, 0.1) is 5.82 Å². The van der Waals surface area contributed by atoms with Gasteiger partial charge in [0.15, 0.2) is 0 Å². The number of ether oxygens (including phenoxy) is 1. The molecule has 1 fully saturated rings. The minimum atomic E-state index is -1.04. The van der Waals surface area contributed by atoms with Crippen LogP contribution < -0.4 is 0 Å². The van der Waals surface area contributed by atoms with Crippen LogP contribution in [0.15, 0.2) is 48.5 Å². The van der Waals surface area contributed by atoms with Gasteiger partial charge in [-0.3, -0.25) is 4.79 Å². The van der Waals surface area contributed by atoms with Crippen LogP contribution in [0.2, 0.25) is 0 Å². The zero-order valence-electron chi connectivity index (χ0n) is 13.7. The van der Waals surface area contributed by atoms with E-state index >= 15 is 0 Å². The normalized spacial score (nSPS) is 20.3. The lowest BCUT2D eigenvalue weighted by Gasteiger charge is -2.39. The van der Waals surface area contributed by atoms with Crippen molar-refractivity contribution in [3.63, 3.8) is 0 Å². The fourth-order valence-electron chi connectivity index (χ4n) is 3.05. The van der Waals surface area contributed by atoms with Crippen molar-refractivity contribution >= 4 is 11.9 Å². The van der Waals surface area contributed by atoms with Crippen LogP contribution in [0.1, 0.15) is 39.3 Å². The van der Waals surface area contributed by atoms with E-state index in [0.717, 1.165) is 0 Å². The Bertz CT molecular complexity index is 790. The summed E-state index contributed by atoms with van der Waals surface area (Å²) in [5.41, 5.74) is 1.23. The molecule has 6 heteroatoms. The first-order valence-corrected chi connectivity index (χ1v) is 7.99. The summed E-state index contributed by atoms with van der Waals surface area (Å²) in [6, 6.07) is 11.7. The average Bonchev–Trinajstić information content (AvgIpc) is 2.61. The highest BCUT2D eigenvalue weighted by Crippen LogP contribution is 2.29. The molecule has 0 radical (unpaired) electrons. The highest BCUT2D eigenvalue weighted by Gasteiger charge is 2.33. The van der Waals surface area contributed by atoms with Crippen LogP contribution in [0.25, 0.3) is 0 Å². The second-order valence-electron chi connectivity index (χ2n) is 5.97. The van der Waals surface area contributed by atoms with Crippen molar-refractivity contribution in [1.82, 2.24) is 4.90 Å². The Morgan fingerprint density at radius 3 is 2.48 bits per heavy atom. The van der Waals surface area contributed by atoms with E-state index in [0.29, 0.717) is 24.3 Å². The third kappa shape index (κ3) is 3.53. The number of benzene rings is 2. The summed E-state index contributed by atoms with van der Waals surface area (Å²) < 4.78 is 19.2. The van der Waals surface area contributed by atoms with Crippen LogP contribution >= 0.6 is 0 Å². The third-order valence-corrected chi connectivity index (χ3v) is 4.38. The van der Waals surface area contributed by atoms with Gasteiger partial charge in [-0.2, -0.15) is 0 Å². The van der Waals surface area contributed by atoms with Crippen molar-refractivity contribution in [3.05, 3.63) is 71.0 Å². The number of carbonyl (C=O) groups excluding carboxylic acids is 1. The zero-order chi connectivity index (χ0) is 18.0. The monoisotopic (exact) mass is 343 g/mol. The van der Waals surface area contributed by atoms with Crippen LogP contribution in [-0.2, 0) is 4.74 Å². The fourth-order valence-corrected chi connectivity index (χ4v) is 3.05. The summed E-state index contributed by atoms with van der Waals surface area (Å²) in [5, 5.41) is 8.95. The summed E-state index contributed by atoms with van der Waals surface area (Å²) in [6.45, 7) is 2.63. The number of hydrogen-bond donors (Lipinski definition) is 1. The van der Waals surface area contributed by atoms with Gasteiger partial charge in [-0.25, -0.2) is 9.18 Å². The fraction of sp³-hybridized carbons (Fsp3) is 0.263. The Balaban J connectivity index is 1.81. The third-order valence-electron chi connectivity index (χ3n) is 4.38. The van der Waals surface area contributed by atoms with E-state index in [1.54, 1.807) is 17.0 Å². The molecule has 130 valence electrons. The number of nitrogens with zero attached hydrogens (tertiary/aromatic N) is 1. The molecular formula is C19H18FNO4. The molecule has 0 bridgehead atoms. The van der Waals surface area contributed by atoms with Crippen LogP contribution in [0.4, 0.5) is 4.39 Å². The molecule has 1 N–H and O–H groups in total. The Morgan fingerprint density at radius 2 is 1.84 bits per heavy atom. The SMILES string of the molecule is C[C@@H]1[C@@H](c2cccc(F)c2)OCCN1C(=O)c1ccc(C(=O)O)cc1. The molecule has 2 aromatic rings. The van der Waals surface area contributed by atoms with Crippen molar-refractivity contribution in [3.8, 4) is 0 Å². The van der Waals surface area contributed by atoms with Gasteiger partial charge in [0.25, 0.3) is 5.91 Å². The van der Waals surface area contributed by atoms with Crippen molar-refractivity contribution in [2.24, 2.45) is 0 Å². The predicted molar refractivity (Wildman–Crippen MR) is 89.0 cm³/mol. The smallest absolute Gasteiger partial charge is 0.335 e. The Labute approximate surface area is 144 Å². The maximum absolute atomic E-state index is 13.5. The lowest BCUT2D eigenvalue weighted by Crippen LogP contribution is -2.48. The summed E-state index contributed by atoms with van der Waals surface area (Å²) in [4.78, 5) is 25.4. The largest absolute Gasteiger partial charge is 0.478 e. The summed E-state index contributed by atoms with van der Waals surface area (Å²) in [7, 11) is 0. The first-order valence-electron chi connectivity index (χ1n) is 7.99. The Kier molecular flexibility index (Phi) is 4.81. The Hall–Kier alpha value is -2.73. The van der Waals surface area contributed by atoms with Crippen molar-refractivity contribution in [2.75, 3.05) is 13.2 Å². The van der Waals surface area contributed by atoms with E-state index in [-0.39, 0.29) is 23.3 Å². The number of amides is 1. The molecule has 2 atom stereocenters. The van der Waals surface area contributed by atoms with E-state index in [1.165, 1.54) is 36.4 Å². The minimum Gasteiger partial charge on any atom is -0.478 e. The number of rotatable bonds is 3. The quantitative estimate of drug-likeness (QED) is 0.930. The van der Waals surface area contributed by atoms with E-state index in [2.05, 4.69) is 0 Å². The maximum atomic E-state index is 13.5. The number of carbonyl (C=O) groups is 2. The molecule has 0 spiro atoms. The van der Waals surface area contributed by atoms with E-state index in [4.69, 9.17) is 9.84 Å². The second kappa shape index (κ2) is 7.03. The highest BCUT2D eigenvalue weighted by atomic mass is 19.1. The Morgan fingerprint density at radius 1 is 1.16 bits per heavy atom. The van der Waals surface area contributed by atoms with Crippen molar-refractivity contribution in [1.29, 1.82) is 0 Å². The average molecular weight is 343 g/mol. The molecule has 1 aliphatic heterocycles. The van der Waals surface area contributed by atoms with E-state index in [1.807, 2.05) is 6.92 Å². The van der Waals surface area contributed by atoms with Gasteiger partial charge in [0.1, 0.15) is 11.9 Å². The summed E-state index contributed by atoms with van der Waals surface area (Å²) in [5.74, 6) is -1.58. The molecule has 3 rings (SSSR count). The van der Waals surface area contributed by atoms with Gasteiger partial charge in [0, 0.05) is 12.1 Å². The molecule has 0 unspecified atom stereocenters. The van der Waals surface area contributed by atoms with Crippen molar-refractivity contribution in [2.45, 2.75) is 19.1 Å². The lowest BCUT2D eigenvalue weighted by atomic mass is 9.99. The molecule has 1 aliphatic rings. The second-order valence-corrected chi connectivity index (χ2v) is 5.97. The van der Waals surface area contributed by atoms with Crippen LogP contribution in [-0.4, -0.2) is 41.1 Å². The zero-order valence-corrected chi connectivity index (χ0v) is 13.7. The van der Waals surface area contributed by atoms with Crippen LogP contribution in [0.3, 0.4) is 0 Å². The minimum absolute atomic E-state index is 0.129. The number of carboxylic acid groups (broad SMARTS) is 1. The molecule has 25 heavy (non-hydrogen) atoms. The number of carboxylic acids is 1. The molecule has 0 aliphatic carbocycles. The van der Waals surface area contributed by atoms with Gasteiger partial charge in [0.05, 0.1) is 18.2 Å². The first-order chi connectivity index (χ1) is 12.0. The van der Waals surface area contributed by atoms with E-state index in [9.17, 15) is 14.0 Å². The molecular weight excluding hydrogens is 325 g/mol. The van der Waals surface area contributed by atoms with Crippen molar-refractivity contribution < 1.29 is 23.8 Å². The standard InChI is InChI=1S/C19H18FNO4/c1-12-17(15-3-2-4-16(20)11-15)25-10-9-21(12)18(22)13-5-7-14(8-6-13)19(23)24/h2-8,11-12,17H,9-10H2,1H3,(H,23,24)/t12-,17+/m1/s1. The number of aromatic carboxylic acids is 1.